The zero-order valence-electron chi connectivity index (χ0n) is 16.8. The zero-order valence-corrected chi connectivity index (χ0v) is 16.8. The molecule has 8 heteroatoms. The Morgan fingerprint density at radius 1 is 1.10 bits per heavy atom. The van der Waals surface area contributed by atoms with Crippen LogP contribution in [0, 0.1) is 0 Å². The highest BCUT2D eigenvalue weighted by Gasteiger charge is 2.21. The van der Waals surface area contributed by atoms with Crippen LogP contribution < -0.4 is 24.3 Å². The van der Waals surface area contributed by atoms with Gasteiger partial charge in [0.1, 0.15) is 6.54 Å². The largest absolute Gasteiger partial charge is 0.493 e. The van der Waals surface area contributed by atoms with Crippen molar-refractivity contribution in [2.75, 3.05) is 27.6 Å². The van der Waals surface area contributed by atoms with E-state index in [0.29, 0.717) is 29.5 Å². The van der Waals surface area contributed by atoms with Crippen molar-refractivity contribution in [3.05, 3.63) is 53.2 Å². The van der Waals surface area contributed by atoms with Crippen LogP contribution in [0.3, 0.4) is 0 Å². The highest BCUT2D eigenvalue weighted by Crippen LogP contribution is 2.33. The minimum Gasteiger partial charge on any atom is -0.493 e. The quantitative estimate of drug-likeness (QED) is 0.785. The molecule has 0 unspecified atom stereocenters. The van der Waals surface area contributed by atoms with Crippen molar-refractivity contribution >= 4 is 17.9 Å². The number of ether oxygens (including phenoxy) is 4. The van der Waals surface area contributed by atoms with Crippen LogP contribution >= 0.6 is 0 Å². The standard InChI is InChI=1S/C22H22N2O6/c1-27-18-8-15-5-6-24(22(26)10-16(15)9-19(18)28-2)12-21(25)23-11-14-3-4-17-20(7-14)30-13-29-17/h3-9H,10-13H2,1-2H3,(H,23,25). The molecule has 2 heterocycles. The van der Waals surface area contributed by atoms with Gasteiger partial charge in [0, 0.05) is 12.7 Å². The number of fused-ring (bicyclic) bond motifs is 2. The number of rotatable bonds is 6. The average molecular weight is 410 g/mol. The second kappa shape index (κ2) is 8.36. The lowest BCUT2D eigenvalue weighted by molar-refractivity contribution is -0.132. The summed E-state index contributed by atoms with van der Waals surface area (Å²) < 4.78 is 21.3. The van der Waals surface area contributed by atoms with Crippen LogP contribution in [0.2, 0.25) is 0 Å². The van der Waals surface area contributed by atoms with Gasteiger partial charge in [0.25, 0.3) is 0 Å². The maximum atomic E-state index is 12.7. The molecule has 4 rings (SSSR count). The van der Waals surface area contributed by atoms with Crippen molar-refractivity contribution in [1.82, 2.24) is 10.2 Å². The van der Waals surface area contributed by atoms with E-state index in [1.54, 1.807) is 32.6 Å². The molecule has 0 fully saturated rings. The number of carbonyl (C=O) groups is 2. The van der Waals surface area contributed by atoms with E-state index in [0.717, 1.165) is 16.7 Å². The lowest BCUT2D eigenvalue weighted by atomic mass is 10.0. The average Bonchev–Trinajstić information content (AvgIpc) is 3.17. The van der Waals surface area contributed by atoms with E-state index in [4.69, 9.17) is 18.9 Å². The molecule has 0 saturated carbocycles. The lowest BCUT2D eigenvalue weighted by Gasteiger charge is -2.17. The minimum atomic E-state index is -0.258. The smallest absolute Gasteiger partial charge is 0.240 e. The summed E-state index contributed by atoms with van der Waals surface area (Å²) in [6, 6.07) is 9.12. The number of carbonyl (C=O) groups excluding carboxylic acids is 2. The van der Waals surface area contributed by atoms with Crippen LogP contribution in [0.4, 0.5) is 0 Å². The molecule has 0 spiro atoms. The van der Waals surface area contributed by atoms with Gasteiger partial charge in [-0.3, -0.25) is 9.59 Å². The minimum absolute atomic E-state index is 0.0673. The Hall–Kier alpha value is -3.68. The molecule has 2 amide bonds. The Balaban J connectivity index is 1.39. The SMILES string of the molecule is COc1cc2c(cc1OC)CC(=O)N(CC(=O)NCc1ccc3c(c1)OCO3)C=C2. The monoisotopic (exact) mass is 410 g/mol. The van der Waals surface area contributed by atoms with Gasteiger partial charge in [-0.1, -0.05) is 6.07 Å². The van der Waals surface area contributed by atoms with Crippen LogP contribution in [0.1, 0.15) is 16.7 Å². The number of nitrogens with zero attached hydrogens (tertiary/aromatic N) is 1. The highest BCUT2D eigenvalue weighted by atomic mass is 16.7. The fourth-order valence-corrected chi connectivity index (χ4v) is 3.37. The number of methoxy groups -OCH3 is 2. The van der Waals surface area contributed by atoms with Crippen molar-refractivity contribution in [3.8, 4) is 23.0 Å². The Morgan fingerprint density at radius 2 is 1.87 bits per heavy atom. The molecule has 2 aliphatic heterocycles. The van der Waals surface area contributed by atoms with E-state index >= 15 is 0 Å². The summed E-state index contributed by atoms with van der Waals surface area (Å²) in [5.41, 5.74) is 2.55. The van der Waals surface area contributed by atoms with Crippen molar-refractivity contribution < 1.29 is 28.5 Å². The number of amides is 2. The number of hydrogen-bond donors (Lipinski definition) is 1. The van der Waals surface area contributed by atoms with E-state index in [-0.39, 0.29) is 31.6 Å². The second-order valence-electron chi connectivity index (χ2n) is 6.88. The Morgan fingerprint density at radius 3 is 2.67 bits per heavy atom. The summed E-state index contributed by atoms with van der Waals surface area (Å²) in [4.78, 5) is 26.5. The van der Waals surface area contributed by atoms with Gasteiger partial charge in [0.05, 0.1) is 20.6 Å². The van der Waals surface area contributed by atoms with Gasteiger partial charge in [-0.25, -0.2) is 0 Å². The third kappa shape index (κ3) is 4.03. The van der Waals surface area contributed by atoms with E-state index in [9.17, 15) is 9.59 Å². The molecule has 156 valence electrons. The lowest BCUT2D eigenvalue weighted by Crippen LogP contribution is -2.37. The van der Waals surface area contributed by atoms with Crippen molar-refractivity contribution in [3.63, 3.8) is 0 Å². The summed E-state index contributed by atoms with van der Waals surface area (Å²) in [5.74, 6) is 2.08. The summed E-state index contributed by atoms with van der Waals surface area (Å²) in [5, 5.41) is 2.83. The zero-order chi connectivity index (χ0) is 21.1. The summed E-state index contributed by atoms with van der Waals surface area (Å²) in [6.45, 7) is 0.465. The van der Waals surface area contributed by atoms with Crippen LogP contribution in [0.5, 0.6) is 23.0 Å². The Bertz CT molecular complexity index is 1020. The molecule has 2 aromatic carbocycles. The van der Waals surface area contributed by atoms with E-state index in [1.165, 1.54) is 4.90 Å². The fraction of sp³-hybridized carbons (Fsp3) is 0.273. The van der Waals surface area contributed by atoms with Gasteiger partial charge in [-0.05, 0) is 47.0 Å². The van der Waals surface area contributed by atoms with Crippen molar-refractivity contribution in [2.45, 2.75) is 13.0 Å². The molecule has 8 nitrogen and oxygen atoms in total. The fourth-order valence-electron chi connectivity index (χ4n) is 3.37. The van der Waals surface area contributed by atoms with Gasteiger partial charge in [0.15, 0.2) is 23.0 Å². The normalized spacial score (nSPS) is 14.2. The first-order valence-corrected chi connectivity index (χ1v) is 9.45. The molecule has 2 aliphatic rings. The number of benzene rings is 2. The Labute approximate surface area is 174 Å². The highest BCUT2D eigenvalue weighted by molar-refractivity contribution is 5.89. The molecule has 0 atom stereocenters. The van der Waals surface area contributed by atoms with Gasteiger partial charge in [-0.2, -0.15) is 0 Å². The molecule has 30 heavy (non-hydrogen) atoms. The van der Waals surface area contributed by atoms with E-state index < -0.39 is 0 Å². The molecule has 0 bridgehead atoms. The third-order valence-corrected chi connectivity index (χ3v) is 4.98. The molecule has 1 N–H and O–H groups in total. The van der Waals surface area contributed by atoms with Crippen LogP contribution in [-0.2, 0) is 22.6 Å². The van der Waals surface area contributed by atoms with Crippen molar-refractivity contribution in [1.29, 1.82) is 0 Å². The first kappa shape index (κ1) is 19.6. The predicted octanol–water partition coefficient (Wildman–Crippen LogP) is 2.10. The van der Waals surface area contributed by atoms with Crippen molar-refractivity contribution in [2.24, 2.45) is 0 Å². The van der Waals surface area contributed by atoms with Gasteiger partial charge in [-0.15, -0.1) is 0 Å². The number of nitrogens with one attached hydrogen (secondary N) is 1. The van der Waals surface area contributed by atoms with Gasteiger partial charge in [0.2, 0.25) is 18.6 Å². The van der Waals surface area contributed by atoms with Crippen LogP contribution in [-0.4, -0.2) is 44.3 Å². The summed E-state index contributed by atoms with van der Waals surface area (Å²) in [7, 11) is 3.11. The first-order chi connectivity index (χ1) is 14.6. The van der Waals surface area contributed by atoms with Crippen LogP contribution in [0.15, 0.2) is 36.5 Å². The molecular weight excluding hydrogens is 388 g/mol. The maximum absolute atomic E-state index is 12.7. The van der Waals surface area contributed by atoms with E-state index in [2.05, 4.69) is 5.32 Å². The van der Waals surface area contributed by atoms with Gasteiger partial charge >= 0.3 is 0 Å². The Kier molecular flexibility index (Phi) is 5.47. The molecular formula is C22H22N2O6. The van der Waals surface area contributed by atoms with Crippen LogP contribution in [0.25, 0.3) is 6.08 Å². The third-order valence-electron chi connectivity index (χ3n) is 4.98. The topological polar surface area (TPSA) is 86.3 Å². The molecule has 0 aromatic heterocycles. The summed E-state index contributed by atoms with van der Waals surface area (Å²) in [6.07, 6.45) is 3.59. The molecule has 0 saturated heterocycles. The van der Waals surface area contributed by atoms with Gasteiger partial charge < -0.3 is 29.2 Å². The molecule has 2 aromatic rings. The second-order valence-corrected chi connectivity index (χ2v) is 6.88. The predicted molar refractivity (Wildman–Crippen MR) is 108 cm³/mol. The van der Waals surface area contributed by atoms with E-state index in [1.807, 2.05) is 24.3 Å². The first-order valence-electron chi connectivity index (χ1n) is 9.45. The summed E-state index contributed by atoms with van der Waals surface area (Å²) >= 11 is 0. The maximum Gasteiger partial charge on any atom is 0.240 e. The number of hydrogen-bond acceptors (Lipinski definition) is 6. The molecule has 0 aliphatic carbocycles. The molecule has 0 radical (unpaired) electrons.